The summed E-state index contributed by atoms with van der Waals surface area (Å²) in [5, 5.41) is 4.71. The van der Waals surface area contributed by atoms with Crippen molar-refractivity contribution in [3.05, 3.63) is 72.0 Å². The van der Waals surface area contributed by atoms with Crippen LogP contribution in [-0.2, 0) is 6.54 Å². The maximum atomic E-state index is 13.9. The van der Waals surface area contributed by atoms with E-state index in [9.17, 15) is 4.39 Å². The van der Waals surface area contributed by atoms with Crippen LogP contribution in [0.2, 0.25) is 0 Å². The fourth-order valence-electron chi connectivity index (χ4n) is 3.54. The van der Waals surface area contributed by atoms with Crippen molar-refractivity contribution in [2.45, 2.75) is 25.4 Å². The van der Waals surface area contributed by atoms with Gasteiger partial charge in [0.1, 0.15) is 11.6 Å². The maximum Gasteiger partial charge on any atom is 0.127 e. The van der Waals surface area contributed by atoms with Crippen molar-refractivity contribution in [2.24, 2.45) is 0 Å². The van der Waals surface area contributed by atoms with Crippen molar-refractivity contribution in [2.75, 3.05) is 18.4 Å². The molecule has 4 heteroatoms. The monoisotopic (exact) mass is 335 g/mol. The number of halogens is 1. The van der Waals surface area contributed by atoms with Crippen molar-refractivity contribution in [3.63, 3.8) is 0 Å². The third-order valence-corrected chi connectivity index (χ3v) is 4.81. The minimum Gasteiger partial charge on any atom is -0.366 e. The summed E-state index contributed by atoms with van der Waals surface area (Å²) in [5.41, 5.74) is 1.78. The zero-order chi connectivity index (χ0) is 17.1. The van der Waals surface area contributed by atoms with Gasteiger partial charge >= 0.3 is 0 Å². The largest absolute Gasteiger partial charge is 0.366 e. The minimum atomic E-state index is -0.117. The highest BCUT2D eigenvalue weighted by atomic mass is 19.1. The van der Waals surface area contributed by atoms with E-state index >= 15 is 0 Å². The lowest BCUT2D eigenvalue weighted by molar-refractivity contribution is 0.206. The number of fused-ring (bicyclic) bond motifs is 1. The predicted molar refractivity (Wildman–Crippen MR) is 100 cm³/mol. The Morgan fingerprint density at radius 1 is 1.04 bits per heavy atom. The average Bonchev–Trinajstić information content (AvgIpc) is 2.64. The molecule has 0 aliphatic carbocycles. The Balaban J connectivity index is 1.43. The molecule has 0 radical (unpaired) electrons. The maximum absolute atomic E-state index is 13.9. The zero-order valence-corrected chi connectivity index (χ0v) is 14.2. The molecule has 0 unspecified atom stereocenters. The van der Waals surface area contributed by atoms with Crippen LogP contribution in [0.15, 0.2) is 60.7 Å². The highest BCUT2D eigenvalue weighted by molar-refractivity contribution is 5.80. The number of aromatic nitrogens is 1. The van der Waals surface area contributed by atoms with Crippen LogP contribution in [0.4, 0.5) is 10.2 Å². The molecule has 4 rings (SSSR count). The lowest BCUT2D eigenvalue weighted by atomic mass is 10.0. The van der Waals surface area contributed by atoms with Gasteiger partial charge in [0, 0.05) is 30.1 Å². The third kappa shape index (κ3) is 3.80. The van der Waals surface area contributed by atoms with E-state index in [0.717, 1.165) is 48.2 Å². The Morgan fingerprint density at radius 3 is 2.80 bits per heavy atom. The molecule has 25 heavy (non-hydrogen) atoms. The Hall–Kier alpha value is -2.46. The molecule has 2 aromatic carbocycles. The fourth-order valence-corrected chi connectivity index (χ4v) is 3.54. The van der Waals surface area contributed by atoms with Crippen molar-refractivity contribution < 1.29 is 4.39 Å². The van der Waals surface area contributed by atoms with Gasteiger partial charge in [-0.15, -0.1) is 0 Å². The van der Waals surface area contributed by atoms with Gasteiger partial charge in [0.05, 0.1) is 5.52 Å². The number of hydrogen-bond donors (Lipinski definition) is 1. The molecule has 1 aromatic heterocycles. The zero-order valence-electron chi connectivity index (χ0n) is 14.2. The number of pyridine rings is 1. The molecule has 1 N–H and O–H groups in total. The quantitative estimate of drug-likeness (QED) is 0.763. The van der Waals surface area contributed by atoms with Crippen LogP contribution in [0.5, 0.6) is 0 Å². The molecule has 2 heterocycles. The minimum absolute atomic E-state index is 0.117. The third-order valence-electron chi connectivity index (χ3n) is 4.81. The van der Waals surface area contributed by atoms with Crippen LogP contribution < -0.4 is 5.32 Å². The lowest BCUT2D eigenvalue weighted by Gasteiger charge is -2.33. The Labute approximate surface area is 147 Å². The van der Waals surface area contributed by atoms with Crippen molar-refractivity contribution in [1.82, 2.24) is 9.88 Å². The predicted octanol–water partition coefficient (Wildman–Crippen LogP) is 4.45. The van der Waals surface area contributed by atoms with Crippen LogP contribution in [0.25, 0.3) is 10.9 Å². The van der Waals surface area contributed by atoms with E-state index < -0.39 is 0 Å². The number of hydrogen-bond acceptors (Lipinski definition) is 3. The molecular formula is C21H22FN3. The number of benzene rings is 2. The summed E-state index contributed by atoms with van der Waals surface area (Å²) in [6, 6.07) is 19.7. The van der Waals surface area contributed by atoms with Gasteiger partial charge in [0.25, 0.3) is 0 Å². The highest BCUT2D eigenvalue weighted by Gasteiger charge is 2.21. The second-order valence-corrected chi connectivity index (χ2v) is 6.70. The number of piperidine rings is 1. The molecule has 1 aliphatic heterocycles. The first-order chi connectivity index (χ1) is 12.3. The molecule has 1 saturated heterocycles. The first-order valence-corrected chi connectivity index (χ1v) is 8.86. The number of anilines is 1. The molecule has 3 aromatic rings. The van der Waals surface area contributed by atoms with E-state index in [-0.39, 0.29) is 5.82 Å². The molecule has 0 amide bonds. The van der Waals surface area contributed by atoms with Crippen LogP contribution in [0.3, 0.4) is 0 Å². The molecule has 0 saturated carbocycles. The second-order valence-electron chi connectivity index (χ2n) is 6.70. The van der Waals surface area contributed by atoms with Crippen LogP contribution >= 0.6 is 0 Å². The van der Waals surface area contributed by atoms with E-state index in [1.807, 2.05) is 36.4 Å². The van der Waals surface area contributed by atoms with E-state index in [1.54, 1.807) is 6.07 Å². The average molecular weight is 335 g/mol. The van der Waals surface area contributed by atoms with E-state index in [2.05, 4.69) is 22.3 Å². The van der Waals surface area contributed by atoms with Crippen molar-refractivity contribution in [1.29, 1.82) is 0 Å². The Bertz CT molecular complexity index is 864. The lowest BCUT2D eigenvalue weighted by Crippen LogP contribution is -2.41. The van der Waals surface area contributed by atoms with Gasteiger partial charge in [0.15, 0.2) is 0 Å². The Kier molecular flexibility index (Phi) is 4.61. The molecule has 0 bridgehead atoms. The molecule has 0 spiro atoms. The summed E-state index contributed by atoms with van der Waals surface area (Å²) < 4.78 is 13.9. The first-order valence-electron chi connectivity index (χ1n) is 8.86. The van der Waals surface area contributed by atoms with E-state index in [1.165, 1.54) is 6.07 Å². The number of rotatable bonds is 4. The normalized spacial score (nSPS) is 18.4. The van der Waals surface area contributed by atoms with Crippen molar-refractivity contribution in [3.8, 4) is 0 Å². The van der Waals surface area contributed by atoms with Crippen LogP contribution in [0.1, 0.15) is 18.4 Å². The summed E-state index contributed by atoms with van der Waals surface area (Å²) in [4.78, 5) is 7.02. The number of likely N-dealkylation sites (tertiary alicyclic amines) is 1. The second kappa shape index (κ2) is 7.19. The number of nitrogens with zero attached hydrogens (tertiary/aromatic N) is 2. The summed E-state index contributed by atoms with van der Waals surface area (Å²) in [6.07, 6.45) is 2.22. The van der Waals surface area contributed by atoms with Gasteiger partial charge in [-0.3, -0.25) is 4.90 Å². The standard InChI is InChI=1S/C21H22FN3/c22-19-9-3-1-7-17(19)14-25-13-5-8-18(15-25)23-21-12-11-16-6-2-4-10-20(16)24-21/h1-4,6-7,9-12,18H,5,8,13-15H2,(H,23,24)/t18-/m0/s1. The van der Waals surface area contributed by atoms with Gasteiger partial charge in [0.2, 0.25) is 0 Å². The molecule has 3 nitrogen and oxygen atoms in total. The first kappa shape index (κ1) is 16.0. The SMILES string of the molecule is Fc1ccccc1CN1CCC[C@H](Nc2ccc3ccccc3n2)C1. The molecule has 1 fully saturated rings. The summed E-state index contributed by atoms with van der Waals surface area (Å²) in [6.45, 7) is 2.58. The summed E-state index contributed by atoms with van der Waals surface area (Å²) in [5.74, 6) is 0.797. The van der Waals surface area contributed by atoms with Gasteiger partial charge in [-0.1, -0.05) is 36.4 Å². The van der Waals surface area contributed by atoms with Gasteiger partial charge < -0.3 is 5.32 Å². The van der Waals surface area contributed by atoms with E-state index in [0.29, 0.717) is 12.6 Å². The molecule has 1 atom stereocenters. The van der Waals surface area contributed by atoms with Crippen LogP contribution in [0, 0.1) is 5.82 Å². The van der Waals surface area contributed by atoms with Gasteiger partial charge in [-0.25, -0.2) is 9.37 Å². The number of para-hydroxylation sites is 1. The van der Waals surface area contributed by atoms with Gasteiger partial charge in [-0.2, -0.15) is 0 Å². The summed E-state index contributed by atoms with van der Waals surface area (Å²) >= 11 is 0. The molecule has 1 aliphatic rings. The van der Waals surface area contributed by atoms with Crippen molar-refractivity contribution >= 4 is 16.7 Å². The fraction of sp³-hybridized carbons (Fsp3) is 0.286. The smallest absolute Gasteiger partial charge is 0.127 e. The topological polar surface area (TPSA) is 28.2 Å². The molecular weight excluding hydrogens is 313 g/mol. The van der Waals surface area contributed by atoms with E-state index in [4.69, 9.17) is 4.98 Å². The Morgan fingerprint density at radius 2 is 1.88 bits per heavy atom. The van der Waals surface area contributed by atoms with Crippen LogP contribution in [-0.4, -0.2) is 29.0 Å². The number of nitrogens with one attached hydrogen (secondary N) is 1. The molecule has 128 valence electrons. The summed E-state index contributed by atoms with van der Waals surface area (Å²) in [7, 11) is 0. The van der Waals surface area contributed by atoms with Gasteiger partial charge in [-0.05, 0) is 43.7 Å². The highest BCUT2D eigenvalue weighted by Crippen LogP contribution is 2.20.